The highest BCUT2D eigenvalue weighted by molar-refractivity contribution is 5.63. The molecule has 2 aromatic rings. The lowest BCUT2D eigenvalue weighted by atomic mass is 10.2. The topological polar surface area (TPSA) is 66.5 Å². The summed E-state index contributed by atoms with van der Waals surface area (Å²) >= 11 is 0. The van der Waals surface area contributed by atoms with Crippen LogP contribution in [0.15, 0.2) is 18.3 Å². The second kappa shape index (κ2) is 4.85. The van der Waals surface area contributed by atoms with E-state index >= 15 is 0 Å². The van der Waals surface area contributed by atoms with Gasteiger partial charge in [0.05, 0.1) is 16.9 Å². The summed E-state index contributed by atoms with van der Waals surface area (Å²) in [5, 5.41) is 15.7. The van der Waals surface area contributed by atoms with Crippen molar-refractivity contribution < 1.29 is 13.2 Å². The molecule has 0 fully saturated rings. The summed E-state index contributed by atoms with van der Waals surface area (Å²) in [7, 11) is 1.68. The molecule has 2 aromatic heterocycles. The van der Waals surface area contributed by atoms with Crippen LogP contribution in [-0.4, -0.2) is 14.8 Å². The molecule has 0 radical (unpaired) electrons. The zero-order valence-corrected chi connectivity index (χ0v) is 10.7. The van der Waals surface area contributed by atoms with E-state index in [0.29, 0.717) is 11.4 Å². The molecule has 0 spiro atoms. The third-order valence-electron chi connectivity index (χ3n) is 2.57. The highest BCUT2D eigenvalue weighted by Crippen LogP contribution is 2.30. The lowest BCUT2D eigenvalue weighted by molar-refractivity contribution is -0.141. The van der Waals surface area contributed by atoms with Gasteiger partial charge in [-0.05, 0) is 19.1 Å². The van der Waals surface area contributed by atoms with Gasteiger partial charge in [0.15, 0.2) is 0 Å². The molecule has 2 rings (SSSR count). The quantitative estimate of drug-likeness (QED) is 0.919. The molecule has 0 bridgehead atoms. The first-order valence-corrected chi connectivity index (χ1v) is 5.57. The van der Waals surface area contributed by atoms with E-state index in [1.807, 2.05) is 0 Å². The fraction of sp³-hybridized carbons (Fsp3) is 0.250. The van der Waals surface area contributed by atoms with Gasteiger partial charge in [-0.2, -0.15) is 23.5 Å². The highest BCUT2D eigenvalue weighted by Gasteiger charge is 2.33. The molecular formula is C12H10F3N5. The van der Waals surface area contributed by atoms with Crippen molar-refractivity contribution in [1.82, 2.24) is 14.8 Å². The van der Waals surface area contributed by atoms with E-state index in [1.165, 1.54) is 4.68 Å². The number of halogens is 3. The Labute approximate surface area is 112 Å². The number of aryl methyl sites for hydroxylation is 2. The molecule has 0 saturated heterocycles. The average molecular weight is 281 g/mol. The number of alkyl halides is 3. The van der Waals surface area contributed by atoms with Crippen LogP contribution in [0.25, 0.3) is 0 Å². The maximum Gasteiger partial charge on any atom is 0.433 e. The number of pyridine rings is 1. The molecule has 0 aliphatic heterocycles. The van der Waals surface area contributed by atoms with Crippen LogP contribution in [0.1, 0.15) is 17.0 Å². The van der Waals surface area contributed by atoms with Crippen LogP contribution in [-0.2, 0) is 13.2 Å². The SMILES string of the molecule is Cc1nn(C)cc1Nc1nc(C(F)(F)F)ccc1C#N. The Kier molecular flexibility index (Phi) is 3.36. The molecule has 0 aliphatic rings. The first-order valence-electron chi connectivity index (χ1n) is 5.57. The minimum atomic E-state index is -4.56. The van der Waals surface area contributed by atoms with E-state index in [9.17, 15) is 13.2 Å². The Balaban J connectivity index is 2.44. The normalized spacial score (nSPS) is 11.2. The van der Waals surface area contributed by atoms with Crippen molar-refractivity contribution in [3.63, 3.8) is 0 Å². The minimum Gasteiger partial charge on any atom is -0.336 e. The summed E-state index contributed by atoms with van der Waals surface area (Å²) in [6, 6.07) is 3.67. The minimum absolute atomic E-state index is 0.0289. The fourth-order valence-corrected chi connectivity index (χ4v) is 1.65. The van der Waals surface area contributed by atoms with Crippen molar-refractivity contribution in [1.29, 1.82) is 5.26 Å². The molecule has 5 nitrogen and oxygen atoms in total. The third kappa shape index (κ3) is 2.71. The number of nitrogens with zero attached hydrogens (tertiary/aromatic N) is 4. The zero-order chi connectivity index (χ0) is 14.9. The number of aromatic nitrogens is 3. The predicted octanol–water partition coefficient (Wildman–Crippen LogP) is 2.76. The smallest absolute Gasteiger partial charge is 0.336 e. The van der Waals surface area contributed by atoms with E-state index in [2.05, 4.69) is 15.4 Å². The van der Waals surface area contributed by atoms with Gasteiger partial charge in [0.1, 0.15) is 17.6 Å². The van der Waals surface area contributed by atoms with Crippen molar-refractivity contribution in [2.45, 2.75) is 13.1 Å². The van der Waals surface area contributed by atoms with Crippen LogP contribution in [0, 0.1) is 18.3 Å². The van der Waals surface area contributed by atoms with Crippen molar-refractivity contribution in [2.24, 2.45) is 7.05 Å². The molecule has 0 unspecified atom stereocenters. The van der Waals surface area contributed by atoms with Crippen LogP contribution >= 0.6 is 0 Å². The molecule has 0 aromatic carbocycles. The predicted molar refractivity (Wildman–Crippen MR) is 65.2 cm³/mol. The zero-order valence-electron chi connectivity index (χ0n) is 10.7. The van der Waals surface area contributed by atoms with Gasteiger partial charge in [-0.3, -0.25) is 4.68 Å². The standard InChI is InChI=1S/C12H10F3N5/c1-7-9(6-20(2)19-7)17-11-8(5-16)3-4-10(18-11)12(13,14)15/h3-4,6H,1-2H3,(H,17,18). The lowest BCUT2D eigenvalue weighted by Crippen LogP contribution is -2.10. The number of nitrogens with one attached hydrogen (secondary N) is 1. The van der Waals surface area contributed by atoms with E-state index in [0.717, 1.165) is 12.1 Å². The molecule has 0 saturated carbocycles. The molecule has 8 heteroatoms. The number of nitriles is 1. The average Bonchev–Trinajstić information content (AvgIpc) is 2.66. The van der Waals surface area contributed by atoms with Crippen molar-refractivity contribution in [3.05, 3.63) is 35.3 Å². The molecular weight excluding hydrogens is 271 g/mol. The lowest BCUT2D eigenvalue weighted by Gasteiger charge is -2.10. The first kappa shape index (κ1) is 13.9. The molecule has 20 heavy (non-hydrogen) atoms. The number of hydrogen-bond acceptors (Lipinski definition) is 4. The Bertz CT molecular complexity index is 681. The van der Waals surface area contributed by atoms with Crippen LogP contribution in [0.3, 0.4) is 0 Å². The van der Waals surface area contributed by atoms with Crippen molar-refractivity contribution >= 4 is 11.5 Å². The second-order valence-electron chi connectivity index (χ2n) is 4.13. The van der Waals surface area contributed by atoms with Crippen LogP contribution < -0.4 is 5.32 Å². The van der Waals surface area contributed by atoms with Crippen molar-refractivity contribution in [2.75, 3.05) is 5.32 Å². The van der Waals surface area contributed by atoms with E-state index in [4.69, 9.17) is 5.26 Å². The monoisotopic (exact) mass is 281 g/mol. The largest absolute Gasteiger partial charge is 0.433 e. The number of hydrogen-bond donors (Lipinski definition) is 1. The molecule has 104 valence electrons. The molecule has 0 atom stereocenters. The van der Waals surface area contributed by atoms with Gasteiger partial charge in [-0.25, -0.2) is 4.98 Å². The van der Waals surface area contributed by atoms with E-state index < -0.39 is 11.9 Å². The molecule has 0 amide bonds. The van der Waals surface area contributed by atoms with Crippen LogP contribution in [0.4, 0.5) is 24.7 Å². The third-order valence-corrected chi connectivity index (χ3v) is 2.57. The molecule has 1 N–H and O–H groups in total. The van der Waals surface area contributed by atoms with Gasteiger partial charge in [-0.1, -0.05) is 0 Å². The van der Waals surface area contributed by atoms with Crippen molar-refractivity contribution in [3.8, 4) is 6.07 Å². The summed E-state index contributed by atoms with van der Waals surface area (Å²) in [4.78, 5) is 3.46. The van der Waals surface area contributed by atoms with Gasteiger partial charge in [0.25, 0.3) is 0 Å². The summed E-state index contributed by atoms with van der Waals surface area (Å²) in [5.41, 5.74) is 0.0632. The van der Waals surface area contributed by atoms with Crippen LogP contribution in [0.5, 0.6) is 0 Å². The Hall–Kier alpha value is -2.56. The highest BCUT2D eigenvalue weighted by atomic mass is 19.4. The summed E-state index contributed by atoms with van der Waals surface area (Å²) in [6.07, 6.45) is -2.97. The van der Waals surface area contributed by atoms with Gasteiger partial charge < -0.3 is 5.32 Å². The molecule has 0 aliphatic carbocycles. The summed E-state index contributed by atoms with van der Waals surface area (Å²) in [6.45, 7) is 1.70. The fourth-order valence-electron chi connectivity index (χ4n) is 1.65. The number of anilines is 2. The van der Waals surface area contributed by atoms with E-state index in [-0.39, 0.29) is 11.4 Å². The van der Waals surface area contributed by atoms with E-state index in [1.54, 1.807) is 26.2 Å². The van der Waals surface area contributed by atoms with Gasteiger partial charge >= 0.3 is 6.18 Å². The summed E-state index contributed by atoms with van der Waals surface area (Å²) in [5.74, 6) is -0.140. The molecule has 2 heterocycles. The maximum atomic E-state index is 12.6. The first-order chi connectivity index (χ1) is 9.31. The van der Waals surface area contributed by atoms with Gasteiger partial charge in [0, 0.05) is 13.2 Å². The Morgan fingerprint density at radius 1 is 1.35 bits per heavy atom. The maximum absolute atomic E-state index is 12.6. The van der Waals surface area contributed by atoms with Gasteiger partial charge in [0.2, 0.25) is 0 Å². The number of rotatable bonds is 2. The van der Waals surface area contributed by atoms with Crippen LogP contribution in [0.2, 0.25) is 0 Å². The Morgan fingerprint density at radius 3 is 2.55 bits per heavy atom. The summed E-state index contributed by atoms with van der Waals surface area (Å²) < 4.78 is 39.4. The van der Waals surface area contributed by atoms with Gasteiger partial charge in [-0.15, -0.1) is 0 Å². The Morgan fingerprint density at radius 2 is 2.05 bits per heavy atom. The second-order valence-corrected chi connectivity index (χ2v) is 4.13.